The summed E-state index contributed by atoms with van der Waals surface area (Å²) in [7, 11) is 0. The predicted molar refractivity (Wildman–Crippen MR) is 380 cm³/mol. The number of fused-ring (bicyclic) bond motifs is 14. The number of aromatic nitrogens is 8. The van der Waals surface area contributed by atoms with Gasteiger partial charge in [0.25, 0.3) is 0 Å². The van der Waals surface area contributed by atoms with Gasteiger partial charge in [-0.15, -0.1) is 0 Å². The zero-order valence-corrected chi connectivity index (χ0v) is 50.3. The third-order valence-electron chi connectivity index (χ3n) is 18.2. The van der Waals surface area contributed by atoms with Crippen LogP contribution in [0.1, 0.15) is 0 Å². The number of hydrogen-bond acceptors (Lipinski definition) is 8. The van der Waals surface area contributed by atoms with Gasteiger partial charge in [0.1, 0.15) is 22.3 Å². The van der Waals surface area contributed by atoms with Gasteiger partial charge in [-0.05, 0) is 108 Å². The standard InChI is InChI=1S/C84H50N8O2/c1-5-22-51(23-6-1)79-85-80(52-24-7-2-8-25-52)88-83(87-79)57-40-43-70(92-69-37-18-14-35-66(69)76-72(92)45-42-64-62-33-16-20-39-74(62)94-78(64)76)67(50-57)56-31-21-30-55(46-56)58-47-59(84-89-81(53-26-9-3-10-27-53)86-82(90-84)54-28-11-4-12-29-54)49-60(48-58)91-68-36-17-13-34-65(68)75-71(91)44-41-63-61-32-15-19-38-73(61)93-77(63)75/h1-50H. The molecule has 438 valence electrons. The minimum absolute atomic E-state index is 0.536. The fourth-order valence-corrected chi connectivity index (χ4v) is 13.9. The lowest BCUT2D eigenvalue weighted by molar-refractivity contribution is 0.672. The van der Waals surface area contributed by atoms with Gasteiger partial charge in [0.2, 0.25) is 0 Å². The van der Waals surface area contributed by atoms with E-state index in [1.54, 1.807) is 0 Å². The van der Waals surface area contributed by atoms with E-state index in [4.69, 9.17) is 38.7 Å². The van der Waals surface area contributed by atoms with Gasteiger partial charge in [0.05, 0.1) is 38.5 Å². The van der Waals surface area contributed by atoms with Gasteiger partial charge in [0.15, 0.2) is 34.9 Å². The first-order valence-electron chi connectivity index (χ1n) is 31.4. The summed E-state index contributed by atoms with van der Waals surface area (Å²) in [5.41, 5.74) is 18.4. The van der Waals surface area contributed by atoms with Crippen LogP contribution in [0.4, 0.5) is 0 Å². The summed E-state index contributed by atoms with van der Waals surface area (Å²) in [6.45, 7) is 0. The van der Waals surface area contributed by atoms with Crippen molar-refractivity contribution in [3.05, 3.63) is 303 Å². The third kappa shape index (κ3) is 8.65. The van der Waals surface area contributed by atoms with E-state index in [9.17, 15) is 0 Å². The Hall–Kier alpha value is -12.9. The lowest BCUT2D eigenvalue weighted by Crippen LogP contribution is -2.02. The van der Waals surface area contributed by atoms with Gasteiger partial charge in [-0.3, -0.25) is 0 Å². The zero-order valence-electron chi connectivity index (χ0n) is 50.3. The van der Waals surface area contributed by atoms with E-state index >= 15 is 0 Å². The Bertz CT molecular complexity index is 6120. The number of para-hydroxylation sites is 4. The van der Waals surface area contributed by atoms with Gasteiger partial charge >= 0.3 is 0 Å². The Morgan fingerprint density at radius 3 is 1.12 bits per heavy atom. The second-order valence-corrected chi connectivity index (χ2v) is 23.7. The van der Waals surface area contributed by atoms with Gasteiger partial charge < -0.3 is 18.0 Å². The highest BCUT2D eigenvalue weighted by atomic mass is 16.3. The zero-order chi connectivity index (χ0) is 61.8. The number of rotatable bonds is 10. The molecule has 0 aliphatic heterocycles. The highest BCUT2D eigenvalue weighted by Crippen LogP contribution is 2.46. The van der Waals surface area contributed by atoms with Crippen molar-refractivity contribution in [3.8, 4) is 102 Å². The van der Waals surface area contributed by atoms with Crippen molar-refractivity contribution in [1.82, 2.24) is 39.0 Å². The minimum Gasteiger partial charge on any atom is -0.455 e. The molecule has 10 heteroatoms. The van der Waals surface area contributed by atoms with Gasteiger partial charge in [0, 0.05) is 76.9 Å². The van der Waals surface area contributed by atoms with Crippen LogP contribution in [0.3, 0.4) is 0 Å². The summed E-state index contributed by atoms with van der Waals surface area (Å²) >= 11 is 0. The first-order chi connectivity index (χ1) is 46.6. The van der Waals surface area contributed by atoms with Crippen molar-refractivity contribution in [2.24, 2.45) is 0 Å². The van der Waals surface area contributed by atoms with E-state index in [0.29, 0.717) is 34.9 Å². The van der Waals surface area contributed by atoms with Crippen molar-refractivity contribution < 1.29 is 8.83 Å². The van der Waals surface area contributed by atoms with Crippen molar-refractivity contribution in [3.63, 3.8) is 0 Å². The highest BCUT2D eigenvalue weighted by molar-refractivity contribution is 6.25. The van der Waals surface area contributed by atoms with E-state index < -0.39 is 0 Å². The van der Waals surface area contributed by atoms with Crippen LogP contribution >= 0.6 is 0 Å². The maximum absolute atomic E-state index is 6.83. The molecule has 19 rings (SSSR count). The summed E-state index contributed by atoms with van der Waals surface area (Å²) in [6, 6.07) is 105. The fourth-order valence-electron chi connectivity index (χ4n) is 13.9. The van der Waals surface area contributed by atoms with Crippen LogP contribution in [0.25, 0.3) is 189 Å². The first-order valence-corrected chi connectivity index (χ1v) is 31.4. The molecule has 0 unspecified atom stereocenters. The number of benzene rings is 13. The maximum atomic E-state index is 6.83. The quantitative estimate of drug-likeness (QED) is 0.133. The molecule has 0 atom stereocenters. The summed E-state index contributed by atoms with van der Waals surface area (Å²) < 4.78 is 18.4. The number of hydrogen-bond donors (Lipinski definition) is 0. The normalized spacial score (nSPS) is 11.8. The molecule has 0 aliphatic rings. The molecule has 0 amide bonds. The second-order valence-electron chi connectivity index (χ2n) is 23.7. The van der Waals surface area contributed by atoms with Crippen molar-refractivity contribution in [1.29, 1.82) is 0 Å². The van der Waals surface area contributed by atoms with E-state index in [0.717, 1.165) is 154 Å². The van der Waals surface area contributed by atoms with E-state index in [-0.39, 0.29) is 0 Å². The molecule has 0 fully saturated rings. The Morgan fingerprint density at radius 2 is 0.606 bits per heavy atom. The monoisotopic (exact) mass is 1200 g/mol. The van der Waals surface area contributed by atoms with Gasteiger partial charge in [-0.25, -0.2) is 29.9 Å². The maximum Gasteiger partial charge on any atom is 0.164 e. The third-order valence-corrected chi connectivity index (χ3v) is 18.2. The topological polar surface area (TPSA) is 113 Å². The SMILES string of the molecule is c1ccc(-c2nc(-c3ccccc3)nc(-c3cc(-c4cccc(-c5cc(-c6nc(-c7ccccc7)nc(-c7ccccc7)n6)ccc5-n5c6ccccc6c6c7oc8ccccc8c7ccc65)c4)cc(-n4c5ccccc5c5c6oc7ccccc7c6ccc54)c3)n2)cc1. The molecule has 19 aromatic rings. The molecule has 94 heavy (non-hydrogen) atoms. The molecule has 10 nitrogen and oxygen atoms in total. The summed E-state index contributed by atoms with van der Waals surface area (Å²) in [5, 5.41) is 8.56. The van der Waals surface area contributed by atoms with Crippen molar-refractivity contribution in [2.75, 3.05) is 0 Å². The highest BCUT2D eigenvalue weighted by Gasteiger charge is 2.25. The van der Waals surface area contributed by atoms with Crippen molar-refractivity contribution >= 4 is 87.5 Å². The van der Waals surface area contributed by atoms with Crippen LogP contribution in [0, 0.1) is 0 Å². The minimum atomic E-state index is 0.536. The molecular formula is C84H50N8O2. The Morgan fingerprint density at radius 1 is 0.223 bits per heavy atom. The number of furan rings is 2. The molecule has 13 aromatic carbocycles. The average molecular weight is 1200 g/mol. The Labute approximate surface area is 537 Å². The molecule has 0 bridgehead atoms. The summed E-state index contributed by atoms with van der Waals surface area (Å²) in [4.78, 5) is 31.5. The van der Waals surface area contributed by atoms with Gasteiger partial charge in [-0.2, -0.15) is 0 Å². The van der Waals surface area contributed by atoms with E-state index in [2.05, 4.69) is 167 Å². The second kappa shape index (κ2) is 21.4. The number of nitrogens with zero attached hydrogens (tertiary/aromatic N) is 8. The molecule has 6 aromatic heterocycles. The summed E-state index contributed by atoms with van der Waals surface area (Å²) in [6.07, 6.45) is 0. The predicted octanol–water partition coefficient (Wildman–Crippen LogP) is 21.4. The van der Waals surface area contributed by atoms with Crippen molar-refractivity contribution in [2.45, 2.75) is 0 Å². The van der Waals surface area contributed by atoms with Crippen LogP contribution in [0.15, 0.2) is 312 Å². The molecule has 0 N–H and O–H groups in total. The molecule has 0 saturated heterocycles. The molecular weight excluding hydrogens is 1150 g/mol. The van der Waals surface area contributed by atoms with Crippen LogP contribution < -0.4 is 0 Å². The van der Waals surface area contributed by atoms with Crippen LogP contribution in [-0.4, -0.2) is 39.0 Å². The first kappa shape index (κ1) is 53.0. The molecule has 0 saturated carbocycles. The van der Waals surface area contributed by atoms with Crippen LogP contribution in [0.5, 0.6) is 0 Å². The van der Waals surface area contributed by atoms with E-state index in [1.165, 1.54) is 0 Å². The van der Waals surface area contributed by atoms with E-state index in [1.807, 2.05) is 146 Å². The van der Waals surface area contributed by atoms with Crippen LogP contribution in [-0.2, 0) is 0 Å². The largest absolute Gasteiger partial charge is 0.455 e. The van der Waals surface area contributed by atoms with Gasteiger partial charge in [-0.1, -0.05) is 212 Å². The fraction of sp³-hybridized carbons (Fsp3) is 0. The Balaban J connectivity index is 0.867. The lowest BCUT2D eigenvalue weighted by atomic mass is 9.95. The molecule has 0 radical (unpaired) electrons. The lowest BCUT2D eigenvalue weighted by Gasteiger charge is -2.17. The summed E-state index contributed by atoms with van der Waals surface area (Å²) in [5.74, 6) is 3.40. The average Bonchev–Trinajstić information content (AvgIpc) is 1.56. The smallest absolute Gasteiger partial charge is 0.164 e. The molecule has 0 spiro atoms. The molecule has 6 heterocycles. The van der Waals surface area contributed by atoms with Crippen LogP contribution in [0.2, 0.25) is 0 Å². The molecule has 0 aliphatic carbocycles. The Kier molecular flexibility index (Phi) is 12.0.